The second-order valence-electron chi connectivity index (χ2n) is 4.05. The number of rotatable bonds is 4. The second kappa shape index (κ2) is 7.94. The molecule has 0 radical (unpaired) electrons. The van der Waals surface area contributed by atoms with Gasteiger partial charge in [0.05, 0.1) is 13.0 Å². The average molecular weight is 236 g/mol. The molecule has 0 spiro atoms. The third-order valence-electron chi connectivity index (χ3n) is 3.06. The largest absolute Gasteiger partial charge is 0.469 e. The lowest BCUT2D eigenvalue weighted by molar-refractivity contribution is -0.146. The summed E-state index contributed by atoms with van der Waals surface area (Å²) in [5.41, 5.74) is 0. The first kappa shape index (κ1) is 14.7. The molecule has 0 heterocycles. The molecule has 0 aromatic carbocycles. The van der Waals surface area contributed by atoms with Crippen molar-refractivity contribution < 1.29 is 9.53 Å². The summed E-state index contributed by atoms with van der Waals surface area (Å²) in [6.45, 7) is 4.27. The number of methoxy groups -OCH3 is 1. The zero-order valence-electron chi connectivity index (χ0n) is 9.62. The van der Waals surface area contributed by atoms with Crippen LogP contribution in [0.1, 0.15) is 32.6 Å². The summed E-state index contributed by atoms with van der Waals surface area (Å²) >= 11 is 0. The van der Waals surface area contributed by atoms with Crippen LogP contribution in [0.2, 0.25) is 0 Å². The zero-order chi connectivity index (χ0) is 10.4. The van der Waals surface area contributed by atoms with Gasteiger partial charge in [-0.3, -0.25) is 4.79 Å². The van der Waals surface area contributed by atoms with Crippen LogP contribution in [0.25, 0.3) is 0 Å². The third-order valence-corrected chi connectivity index (χ3v) is 3.06. The Morgan fingerprint density at radius 1 is 1.33 bits per heavy atom. The van der Waals surface area contributed by atoms with Crippen LogP contribution in [0.3, 0.4) is 0 Å². The summed E-state index contributed by atoms with van der Waals surface area (Å²) < 4.78 is 4.75. The first-order chi connectivity index (χ1) is 6.77. The van der Waals surface area contributed by atoms with Gasteiger partial charge in [0.15, 0.2) is 0 Å². The monoisotopic (exact) mass is 235 g/mol. The number of nitrogens with one attached hydrogen (secondary N) is 1. The summed E-state index contributed by atoms with van der Waals surface area (Å²) in [4.78, 5) is 11.2. The average Bonchev–Trinajstić information content (AvgIpc) is 2.26. The van der Waals surface area contributed by atoms with Crippen LogP contribution in [0.5, 0.6) is 0 Å². The van der Waals surface area contributed by atoms with Gasteiger partial charge in [0.2, 0.25) is 0 Å². The van der Waals surface area contributed by atoms with Crippen molar-refractivity contribution in [2.24, 2.45) is 11.8 Å². The van der Waals surface area contributed by atoms with Crippen LogP contribution >= 0.6 is 12.4 Å². The zero-order valence-corrected chi connectivity index (χ0v) is 10.4. The van der Waals surface area contributed by atoms with Crippen LogP contribution in [0.4, 0.5) is 0 Å². The maximum Gasteiger partial charge on any atom is 0.308 e. The van der Waals surface area contributed by atoms with Gasteiger partial charge in [0, 0.05) is 0 Å². The van der Waals surface area contributed by atoms with E-state index in [1.807, 2.05) is 0 Å². The highest BCUT2D eigenvalue weighted by Gasteiger charge is 2.26. The Kier molecular flexibility index (Phi) is 7.79. The molecule has 1 fully saturated rings. The molecule has 4 heteroatoms. The highest BCUT2D eigenvalue weighted by atomic mass is 35.5. The number of esters is 1. The molecule has 1 rings (SSSR count). The standard InChI is InChI=1S/C11H21NO2.ClH/c1-3-12-8-9-4-6-10(7-5-9)11(13)14-2;/h9-10,12H,3-8H2,1-2H3;1H. The van der Waals surface area contributed by atoms with E-state index in [4.69, 9.17) is 4.74 Å². The van der Waals surface area contributed by atoms with Crippen LogP contribution in [0.15, 0.2) is 0 Å². The molecule has 0 atom stereocenters. The summed E-state index contributed by atoms with van der Waals surface area (Å²) in [7, 11) is 1.48. The lowest BCUT2D eigenvalue weighted by atomic mass is 9.82. The molecule has 0 aliphatic heterocycles. The van der Waals surface area contributed by atoms with Crippen LogP contribution in [0, 0.1) is 11.8 Å². The van der Waals surface area contributed by atoms with E-state index in [9.17, 15) is 4.79 Å². The van der Waals surface area contributed by atoms with Crippen molar-refractivity contribution in [3.8, 4) is 0 Å². The summed E-state index contributed by atoms with van der Waals surface area (Å²) in [5.74, 6) is 0.903. The summed E-state index contributed by atoms with van der Waals surface area (Å²) in [5, 5.41) is 3.36. The molecule has 3 nitrogen and oxygen atoms in total. The Morgan fingerprint density at radius 3 is 2.40 bits per heavy atom. The quantitative estimate of drug-likeness (QED) is 0.758. The Labute approximate surface area is 98.4 Å². The molecule has 1 aliphatic rings. The molecular weight excluding hydrogens is 214 g/mol. The van der Waals surface area contributed by atoms with Crippen molar-refractivity contribution in [2.45, 2.75) is 32.6 Å². The van der Waals surface area contributed by atoms with Gasteiger partial charge in [-0.05, 0) is 44.7 Å². The van der Waals surface area contributed by atoms with Crippen LogP contribution < -0.4 is 5.32 Å². The molecule has 0 bridgehead atoms. The van der Waals surface area contributed by atoms with Crippen molar-refractivity contribution in [3.05, 3.63) is 0 Å². The van der Waals surface area contributed by atoms with Crippen molar-refractivity contribution in [2.75, 3.05) is 20.2 Å². The molecular formula is C11H22ClNO2. The SMILES string of the molecule is CCNCC1CCC(C(=O)OC)CC1.Cl. The first-order valence-corrected chi connectivity index (χ1v) is 5.56. The normalized spacial score (nSPS) is 25.5. The fraction of sp³-hybridized carbons (Fsp3) is 0.909. The molecule has 1 saturated carbocycles. The highest BCUT2D eigenvalue weighted by Crippen LogP contribution is 2.28. The Hall–Kier alpha value is -0.280. The Morgan fingerprint density at radius 2 is 1.93 bits per heavy atom. The lowest BCUT2D eigenvalue weighted by Gasteiger charge is -2.26. The van der Waals surface area contributed by atoms with Gasteiger partial charge in [-0.15, -0.1) is 12.4 Å². The molecule has 15 heavy (non-hydrogen) atoms. The summed E-state index contributed by atoms with van der Waals surface area (Å²) in [6, 6.07) is 0. The molecule has 0 amide bonds. The number of carbonyl (C=O) groups excluding carboxylic acids is 1. The molecule has 0 aromatic heterocycles. The number of ether oxygens (including phenoxy) is 1. The maximum absolute atomic E-state index is 11.2. The lowest BCUT2D eigenvalue weighted by Crippen LogP contribution is -2.29. The van der Waals surface area contributed by atoms with E-state index in [-0.39, 0.29) is 24.3 Å². The second-order valence-corrected chi connectivity index (χ2v) is 4.05. The van der Waals surface area contributed by atoms with E-state index in [1.165, 1.54) is 7.11 Å². The topological polar surface area (TPSA) is 38.3 Å². The molecule has 1 N–H and O–H groups in total. The van der Waals surface area contributed by atoms with Gasteiger partial charge in [-0.2, -0.15) is 0 Å². The van der Waals surface area contributed by atoms with E-state index in [0.717, 1.165) is 44.7 Å². The van der Waals surface area contributed by atoms with Crippen LogP contribution in [-0.2, 0) is 9.53 Å². The van der Waals surface area contributed by atoms with Crippen LogP contribution in [-0.4, -0.2) is 26.2 Å². The molecule has 1 aliphatic carbocycles. The fourth-order valence-electron chi connectivity index (χ4n) is 2.12. The highest BCUT2D eigenvalue weighted by molar-refractivity contribution is 5.85. The van der Waals surface area contributed by atoms with Crippen molar-refractivity contribution in [1.29, 1.82) is 0 Å². The predicted molar refractivity (Wildman–Crippen MR) is 63.3 cm³/mol. The number of hydrogen-bond donors (Lipinski definition) is 1. The minimum Gasteiger partial charge on any atom is -0.469 e. The maximum atomic E-state index is 11.2. The number of carbonyl (C=O) groups is 1. The number of hydrogen-bond acceptors (Lipinski definition) is 3. The van der Waals surface area contributed by atoms with Gasteiger partial charge < -0.3 is 10.1 Å². The van der Waals surface area contributed by atoms with Gasteiger partial charge in [-0.1, -0.05) is 6.92 Å². The number of halogens is 1. The fourth-order valence-corrected chi connectivity index (χ4v) is 2.12. The smallest absolute Gasteiger partial charge is 0.308 e. The molecule has 90 valence electrons. The van der Waals surface area contributed by atoms with Crippen molar-refractivity contribution in [1.82, 2.24) is 5.32 Å². The van der Waals surface area contributed by atoms with Gasteiger partial charge in [0.1, 0.15) is 0 Å². The van der Waals surface area contributed by atoms with Gasteiger partial charge in [0.25, 0.3) is 0 Å². The van der Waals surface area contributed by atoms with Crippen molar-refractivity contribution >= 4 is 18.4 Å². The Balaban J connectivity index is 0.00000196. The molecule has 0 saturated heterocycles. The third kappa shape index (κ3) is 4.85. The van der Waals surface area contributed by atoms with E-state index >= 15 is 0 Å². The minimum atomic E-state index is -0.0214. The molecule has 0 unspecified atom stereocenters. The van der Waals surface area contributed by atoms with Gasteiger partial charge >= 0.3 is 5.97 Å². The van der Waals surface area contributed by atoms with Gasteiger partial charge in [-0.25, -0.2) is 0 Å². The Bertz CT molecular complexity index is 179. The van der Waals surface area contributed by atoms with E-state index in [0.29, 0.717) is 0 Å². The van der Waals surface area contributed by atoms with E-state index in [1.54, 1.807) is 0 Å². The summed E-state index contributed by atoms with van der Waals surface area (Å²) in [6.07, 6.45) is 4.32. The predicted octanol–water partition coefficient (Wildman–Crippen LogP) is 2.00. The van der Waals surface area contributed by atoms with E-state index in [2.05, 4.69) is 12.2 Å². The first-order valence-electron chi connectivity index (χ1n) is 5.56. The minimum absolute atomic E-state index is 0. The molecule has 0 aromatic rings. The van der Waals surface area contributed by atoms with E-state index < -0.39 is 0 Å². The van der Waals surface area contributed by atoms with Crippen molar-refractivity contribution in [3.63, 3.8) is 0 Å².